The molecule has 0 heterocycles. The molecule has 1 atom stereocenters. The molecular weight excluding hydrogens is 270 g/mol. The molecule has 0 aliphatic carbocycles. The number of nitriles is 1. The molecule has 0 radical (unpaired) electrons. The number of esters is 1. The maximum absolute atomic E-state index is 11.3. The highest BCUT2D eigenvalue weighted by molar-refractivity contribution is 5.69. The van der Waals surface area contributed by atoms with Crippen molar-refractivity contribution in [2.24, 2.45) is 0 Å². The van der Waals surface area contributed by atoms with E-state index in [2.05, 4.69) is 6.07 Å². The van der Waals surface area contributed by atoms with Crippen LogP contribution in [0.3, 0.4) is 0 Å². The van der Waals surface area contributed by atoms with Gasteiger partial charge in [-0.2, -0.15) is 5.26 Å². The molecule has 0 fully saturated rings. The number of hydrogen-bond acceptors (Lipinski definition) is 5. The third-order valence-corrected chi connectivity index (χ3v) is 3.11. The first kappa shape index (κ1) is 16.8. The van der Waals surface area contributed by atoms with E-state index >= 15 is 0 Å². The van der Waals surface area contributed by atoms with Crippen LogP contribution in [0.25, 0.3) is 0 Å². The summed E-state index contributed by atoms with van der Waals surface area (Å²) in [6.45, 7) is 2.16. The van der Waals surface area contributed by atoms with Gasteiger partial charge in [0, 0.05) is 12.5 Å². The highest BCUT2D eigenvalue weighted by Gasteiger charge is 2.14. The van der Waals surface area contributed by atoms with E-state index in [-0.39, 0.29) is 11.9 Å². The minimum Gasteiger partial charge on any atom is -0.497 e. The zero-order chi connectivity index (χ0) is 15.7. The molecule has 1 unspecified atom stereocenters. The lowest BCUT2D eigenvalue weighted by Crippen LogP contribution is -2.05. The van der Waals surface area contributed by atoms with E-state index in [1.54, 1.807) is 27.2 Å². The van der Waals surface area contributed by atoms with Crippen LogP contribution in [0.1, 0.15) is 37.7 Å². The van der Waals surface area contributed by atoms with Gasteiger partial charge in [-0.3, -0.25) is 4.79 Å². The van der Waals surface area contributed by atoms with Crippen molar-refractivity contribution in [3.8, 4) is 17.6 Å². The molecule has 0 saturated heterocycles. The highest BCUT2D eigenvalue weighted by atomic mass is 16.5. The maximum Gasteiger partial charge on any atom is 0.305 e. The van der Waals surface area contributed by atoms with Gasteiger partial charge in [0.15, 0.2) is 0 Å². The van der Waals surface area contributed by atoms with Gasteiger partial charge in [-0.25, -0.2) is 0 Å². The first-order chi connectivity index (χ1) is 10.1. The Labute approximate surface area is 125 Å². The van der Waals surface area contributed by atoms with Crippen LogP contribution in [0, 0.1) is 11.3 Å². The van der Waals surface area contributed by atoms with Crippen LogP contribution in [-0.4, -0.2) is 26.8 Å². The van der Waals surface area contributed by atoms with Crippen molar-refractivity contribution >= 4 is 5.97 Å². The number of carbonyl (C=O) groups is 1. The van der Waals surface area contributed by atoms with E-state index in [9.17, 15) is 10.1 Å². The van der Waals surface area contributed by atoms with E-state index < -0.39 is 0 Å². The molecule has 0 aliphatic rings. The van der Waals surface area contributed by atoms with Crippen molar-refractivity contribution in [2.45, 2.75) is 32.1 Å². The molecule has 0 amide bonds. The van der Waals surface area contributed by atoms with Crippen LogP contribution in [0.5, 0.6) is 11.5 Å². The molecule has 5 heteroatoms. The van der Waals surface area contributed by atoms with Crippen molar-refractivity contribution in [1.29, 1.82) is 5.26 Å². The normalized spacial score (nSPS) is 11.3. The minimum atomic E-state index is -0.302. The largest absolute Gasteiger partial charge is 0.497 e. The Kier molecular flexibility index (Phi) is 7.10. The standard InChI is InChI=1S/C16H21NO4/c1-4-21-16(18)7-5-6-12(11-17)13-8-14(19-2)10-15(9-13)20-3/h8-10,12H,4-7H2,1-3H3. The molecule has 0 saturated carbocycles. The van der Waals surface area contributed by atoms with Crippen molar-refractivity contribution in [3.05, 3.63) is 23.8 Å². The summed E-state index contributed by atoms with van der Waals surface area (Å²) in [5.41, 5.74) is 0.831. The summed E-state index contributed by atoms with van der Waals surface area (Å²) < 4.78 is 15.3. The van der Waals surface area contributed by atoms with E-state index in [0.29, 0.717) is 37.4 Å². The van der Waals surface area contributed by atoms with Gasteiger partial charge < -0.3 is 14.2 Å². The molecule has 1 rings (SSSR count). The number of ether oxygens (including phenoxy) is 3. The summed E-state index contributed by atoms with van der Waals surface area (Å²) >= 11 is 0. The fourth-order valence-electron chi connectivity index (χ4n) is 2.02. The zero-order valence-electron chi connectivity index (χ0n) is 12.7. The van der Waals surface area contributed by atoms with Gasteiger partial charge >= 0.3 is 5.97 Å². The van der Waals surface area contributed by atoms with Crippen LogP contribution in [0.2, 0.25) is 0 Å². The van der Waals surface area contributed by atoms with Crippen molar-refractivity contribution in [1.82, 2.24) is 0 Å². The topological polar surface area (TPSA) is 68.6 Å². The van der Waals surface area contributed by atoms with Gasteiger partial charge in [-0.05, 0) is 37.5 Å². The van der Waals surface area contributed by atoms with E-state index in [0.717, 1.165) is 5.56 Å². The van der Waals surface area contributed by atoms with Crippen LogP contribution in [0.4, 0.5) is 0 Å². The molecule has 21 heavy (non-hydrogen) atoms. The molecule has 0 bridgehead atoms. The average molecular weight is 291 g/mol. The third kappa shape index (κ3) is 5.35. The van der Waals surface area contributed by atoms with Gasteiger partial charge in [0.05, 0.1) is 32.8 Å². The van der Waals surface area contributed by atoms with E-state index in [1.165, 1.54) is 0 Å². The molecular formula is C16H21NO4. The number of rotatable bonds is 8. The van der Waals surface area contributed by atoms with Crippen molar-refractivity contribution in [3.63, 3.8) is 0 Å². The van der Waals surface area contributed by atoms with Crippen LogP contribution >= 0.6 is 0 Å². The van der Waals surface area contributed by atoms with Gasteiger partial charge in [-0.1, -0.05) is 0 Å². The summed E-state index contributed by atoms with van der Waals surface area (Å²) in [6, 6.07) is 7.66. The first-order valence-corrected chi connectivity index (χ1v) is 6.92. The Balaban J connectivity index is 2.71. The molecule has 114 valence electrons. The Morgan fingerprint density at radius 1 is 1.24 bits per heavy atom. The van der Waals surface area contributed by atoms with Crippen LogP contribution in [-0.2, 0) is 9.53 Å². The number of hydrogen-bond donors (Lipinski definition) is 0. The van der Waals surface area contributed by atoms with Crippen LogP contribution in [0.15, 0.2) is 18.2 Å². The second kappa shape index (κ2) is 8.85. The summed E-state index contributed by atoms with van der Waals surface area (Å²) in [4.78, 5) is 11.3. The Hall–Kier alpha value is -2.22. The van der Waals surface area contributed by atoms with Gasteiger partial charge in [0.2, 0.25) is 0 Å². The Morgan fingerprint density at radius 3 is 2.33 bits per heavy atom. The molecule has 1 aromatic carbocycles. The number of carbonyl (C=O) groups excluding carboxylic acids is 1. The fraction of sp³-hybridized carbons (Fsp3) is 0.500. The zero-order valence-corrected chi connectivity index (χ0v) is 12.7. The quantitative estimate of drug-likeness (QED) is 0.689. The predicted molar refractivity (Wildman–Crippen MR) is 78.4 cm³/mol. The average Bonchev–Trinajstić information content (AvgIpc) is 2.51. The summed E-state index contributed by atoms with van der Waals surface area (Å²) in [5, 5.41) is 9.33. The SMILES string of the molecule is CCOC(=O)CCCC(C#N)c1cc(OC)cc(OC)c1. The minimum absolute atomic E-state index is 0.225. The smallest absolute Gasteiger partial charge is 0.305 e. The lowest BCUT2D eigenvalue weighted by Gasteiger charge is -2.12. The monoisotopic (exact) mass is 291 g/mol. The Bertz CT molecular complexity index is 485. The van der Waals surface area contributed by atoms with Gasteiger partial charge in [-0.15, -0.1) is 0 Å². The van der Waals surface area contributed by atoms with Gasteiger partial charge in [0.1, 0.15) is 11.5 Å². The van der Waals surface area contributed by atoms with Crippen LogP contribution < -0.4 is 9.47 Å². The molecule has 0 N–H and O–H groups in total. The maximum atomic E-state index is 11.3. The highest BCUT2D eigenvalue weighted by Crippen LogP contribution is 2.29. The van der Waals surface area contributed by atoms with Crippen molar-refractivity contribution in [2.75, 3.05) is 20.8 Å². The number of methoxy groups -OCH3 is 2. The fourth-order valence-corrected chi connectivity index (χ4v) is 2.02. The van der Waals surface area contributed by atoms with E-state index in [4.69, 9.17) is 14.2 Å². The molecule has 5 nitrogen and oxygen atoms in total. The molecule has 0 aromatic heterocycles. The number of nitrogens with zero attached hydrogens (tertiary/aromatic N) is 1. The second-order valence-corrected chi connectivity index (χ2v) is 4.52. The lowest BCUT2D eigenvalue weighted by atomic mass is 9.94. The van der Waals surface area contributed by atoms with Crippen molar-refractivity contribution < 1.29 is 19.0 Å². The summed E-state index contributed by atoms with van der Waals surface area (Å²) in [5.74, 6) is 0.769. The summed E-state index contributed by atoms with van der Waals surface area (Å²) in [7, 11) is 3.14. The lowest BCUT2D eigenvalue weighted by molar-refractivity contribution is -0.143. The summed E-state index contributed by atoms with van der Waals surface area (Å²) in [6.07, 6.45) is 1.52. The Morgan fingerprint density at radius 2 is 1.86 bits per heavy atom. The second-order valence-electron chi connectivity index (χ2n) is 4.52. The third-order valence-electron chi connectivity index (χ3n) is 3.11. The van der Waals surface area contributed by atoms with Gasteiger partial charge in [0.25, 0.3) is 0 Å². The molecule has 1 aromatic rings. The predicted octanol–water partition coefficient (Wildman–Crippen LogP) is 3.04. The molecule has 0 spiro atoms. The van der Waals surface area contributed by atoms with E-state index in [1.807, 2.05) is 12.1 Å². The molecule has 0 aliphatic heterocycles. The first-order valence-electron chi connectivity index (χ1n) is 6.92. The number of benzene rings is 1.